The summed E-state index contributed by atoms with van der Waals surface area (Å²) in [4.78, 5) is 10.6. The molecule has 14 heavy (non-hydrogen) atoms. The van der Waals surface area contributed by atoms with Crippen molar-refractivity contribution < 1.29 is 35.4 Å². The summed E-state index contributed by atoms with van der Waals surface area (Å²) in [6, 6.07) is 0. The summed E-state index contributed by atoms with van der Waals surface area (Å²) in [5.74, 6) is -8.42. The molecule has 0 heterocycles. The SMILES string of the molecule is O=C(O)C1(O)CCCC(O)(O)C1(O)O. The Labute approximate surface area is 78.8 Å². The normalized spacial score (nSPS) is 35.2. The molecule has 6 N–H and O–H groups in total. The molecule has 1 atom stereocenters. The minimum absolute atomic E-state index is 0.0430. The van der Waals surface area contributed by atoms with Crippen LogP contribution < -0.4 is 0 Å². The minimum atomic E-state index is -3.48. The van der Waals surface area contributed by atoms with Crippen LogP contribution in [0.1, 0.15) is 19.3 Å². The third-order valence-corrected chi connectivity index (χ3v) is 2.55. The number of aliphatic hydroxyl groups is 5. The topological polar surface area (TPSA) is 138 Å². The Hall–Kier alpha value is -0.730. The van der Waals surface area contributed by atoms with Crippen molar-refractivity contribution in [3.63, 3.8) is 0 Å². The van der Waals surface area contributed by atoms with Crippen molar-refractivity contribution in [3.05, 3.63) is 0 Å². The van der Waals surface area contributed by atoms with Crippen LogP contribution in [0.4, 0.5) is 0 Å². The summed E-state index contributed by atoms with van der Waals surface area (Å²) in [7, 11) is 0. The van der Waals surface area contributed by atoms with Crippen molar-refractivity contribution in [2.75, 3.05) is 0 Å². The number of hydrogen-bond acceptors (Lipinski definition) is 6. The quantitative estimate of drug-likeness (QED) is 0.259. The van der Waals surface area contributed by atoms with Gasteiger partial charge in [-0.05, 0) is 12.8 Å². The highest BCUT2D eigenvalue weighted by atomic mass is 16.6. The molecule has 7 heteroatoms. The van der Waals surface area contributed by atoms with Gasteiger partial charge in [-0.15, -0.1) is 0 Å². The van der Waals surface area contributed by atoms with Gasteiger partial charge in [0.2, 0.25) is 11.4 Å². The van der Waals surface area contributed by atoms with Crippen LogP contribution in [-0.4, -0.2) is 53.8 Å². The lowest BCUT2D eigenvalue weighted by Crippen LogP contribution is -2.73. The van der Waals surface area contributed by atoms with Gasteiger partial charge in [-0.1, -0.05) is 0 Å². The largest absolute Gasteiger partial charge is 0.479 e. The average molecular weight is 208 g/mol. The van der Waals surface area contributed by atoms with Crippen molar-refractivity contribution in [2.24, 2.45) is 0 Å². The first kappa shape index (κ1) is 11.3. The standard InChI is InChI=1S/C7H12O7/c8-4(9)5(10)2-1-3-6(11,12)7(5,13)14/h10-14H,1-3H2,(H,8,9). The van der Waals surface area contributed by atoms with Crippen LogP contribution in [0.25, 0.3) is 0 Å². The number of carboxylic acid groups (broad SMARTS) is 1. The second kappa shape index (κ2) is 2.88. The van der Waals surface area contributed by atoms with E-state index in [1.165, 1.54) is 0 Å². The lowest BCUT2D eigenvalue weighted by Gasteiger charge is -2.47. The molecule has 0 aromatic heterocycles. The van der Waals surface area contributed by atoms with E-state index in [-0.39, 0.29) is 6.42 Å². The Bertz CT molecular complexity index is 259. The molecule has 1 rings (SSSR count). The number of hydrogen-bond donors (Lipinski definition) is 6. The fraction of sp³-hybridized carbons (Fsp3) is 0.857. The van der Waals surface area contributed by atoms with E-state index in [9.17, 15) is 20.1 Å². The Morgan fingerprint density at radius 2 is 1.50 bits per heavy atom. The summed E-state index contributed by atoms with van der Waals surface area (Å²) in [6.45, 7) is 0. The minimum Gasteiger partial charge on any atom is -0.479 e. The zero-order valence-corrected chi connectivity index (χ0v) is 7.21. The third kappa shape index (κ3) is 1.22. The highest BCUT2D eigenvalue weighted by Crippen LogP contribution is 2.41. The molecule has 7 nitrogen and oxygen atoms in total. The van der Waals surface area contributed by atoms with Gasteiger partial charge < -0.3 is 30.6 Å². The van der Waals surface area contributed by atoms with Crippen molar-refractivity contribution >= 4 is 5.97 Å². The number of aliphatic carboxylic acids is 1. The van der Waals surface area contributed by atoms with Crippen LogP contribution in [-0.2, 0) is 4.79 Å². The Kier molecular flexibility index (Phi) is 2.33. The zero-order valence-electron chi connectivity index (χ0n) is 7.21. The molecule has 0 aromatic carbocycles. The maximum Gasteiger partial charge on any atom is 0.341 e. The molecular weight excluding hydrogens is 196 g/mol. The summed E-state index contributed by atoms with van der Waals surface area (Å²) < 4.78 is 0. The molecule has 0 saturated heterocycles. The smallest absolute Gasteiger partial charge is 0.341 e. The summed E-state index contributed by atoms with van der Waals surface area (Å²) in [5, 5.41) is 54.6. The van der Waals surface area contributed by atoms with Crippen molar-refractivity contribution in [2.45, 2.75) is 36.4 Å². The number of carbonyl (C=O) groups is 1. The van der Waals surface area contributed by atoms with Crippen LogP contribution in [0.15, 0.2) is 0 Å². The molecule has 1 unspecified atom stereocenters. The Morgan fingerprint density at radius 3 is 1.86 bits per heavy atom. The molecule has 0 spiro atoms. The molecule has 1 aliphatic rings. The van der Waals surface area contributed by atoms with E-state index in [0.717, 1.165) is 0 Å². The lowest BCUT2D eigenvalue weighted by atomic mass is 9.75. The van der Waals surface area contributed by atoms with Crippen molar-refractivity contribution in [3.8, 4) is 0 Å². The fourth-order valence-electron chi connectivity index (χ4n) is 1.53. The van der Waals surface area contributed by atoms with Crippen LogP contribution in [0.2, 0.25) is 0 Å². The van der Waals surface area contributed by atoms with E-state index in [1.54, 1.807) is 0 Å². The molecule has 0 radical (unpaired) electrons. The van der Waals surface area contributed by atoms with Gasteiger partial charge in [0, 0.05) is 6.42 Å². The summed E-state index contributed by atoms with van der Waals surface area (Å²) in [6.07, 6.45) is -0.924. The average Bonchev–Trinajstić information content (AvgIpc) is 2.00. The van der Waals surface area contributed by atoms with Crippen molar-refractivity contribution in [1.29, 1.82) is 0 Å². The van der Waals surface area contributed by atoms with Gasteiger partial charge in [-0.3, -0.25) is 0 Å². The van der Waals surface area contributed by atoms with Gasteiger partial charge in [0.05, 0.1) is 0 Å². The van der Waals surface area contributed by atoms with Gasteiger partial charge in [-0.25, -0.2) is 4.79 Å². The van der Waals surface area contributed by atoms with E-state index >= 15 is 0 Å². The van der Waals surface area contributed by atoms with Crippen LogP contribution in [0.3, 0.4) is 0 Å². The first-order valence-electron chi connectivity index (χ1n) is 4.00. The molecule has 1 aliphatic carbocycles. The number of carboxylic acids is 1. The van der Waals surface area contributed by atoms with Crippen LogP contribution in [0, 0.1) is 0 Å². The predicted molar refractivity (Wildman–Crippen MR) is 40.8 cm³/mol. The second-order valence-corrected chi connectivity index (χ2v) is 3.51. The number of rotatable bonds is 1. The Balaban J connectivity index is 3.16. The first-order valence-corrected chi connectivity index (χ1v) is 4.00. The first-order chi connectivity index (χ1) is 6.15. The molecule has 1 fully saturated rings. The molecule has 0 aromatic rings. The van der Waals surface area contributed by atoms with E-state index in [0.29, 0.717) is 0 Å². The lowest BCUT2D eigenvalue weighted by molar-refractivity contribution is -0.416. The van der Waals surface area contributed by atoms with Gasteiger partial charge in [0.15, 0.2) is 0 Å². The van der Waals surface area contributed by atoms with Gasteiger partial charge >= 0.3 is 5.97 Å². The maximum atomic E-state index is 10.6. The Morgan fingerprint density at radius 1 is 1.00 bits per heavy atom. The zero-order chi connectivity index (χ0) is 11.2. The summed E-state index contributed by atoms with van der Waals surface area (Å²) in [5.41, 5.74) is -2.96. The van der Waals surface area contributed by atoms with Gasteiger partial charge in [0.25, 0.3) is 5.79 Å². The predicted octanol–water partition coefficient (Wildman–Crippen LogP) is -2.65. The molecule has 0 bridgehead atoms. The maximum absolute atomic E-state index is 10.6. The summed E-state index contributed by atoms with van der Waals surface area (Å²) >= 11 is 0. The highest BCUT2D eigenvalue weighted by molar-refractivity contribution is 5.79. The van der Waals surface area contributed by atoms with Crippen molar-refractivity contribution in [1.82, 2.24) is 0 Å². The molecule has 82 valence electrons. The van der Waals surface area contributed by atoms with E-state index in [2.05, 4.69) is 0 Å². The monoisotopic (exact) mass is 208 g/mol. The highest BCUT2D eigenvalue weighted by Gasteiger charge is 2.67. The fourth-order valence-corrected chi connectivity index (χ4v) is 1.53. The molecule has 0 aliphatic heterocycles. The molecule has 1 saturated carbocycles. The van der Waals surface area contributed by atoms with E-state index in [4.69, 9.17) is 15.3 Å². The van der Waals surface area contributed by atoms with Gasteiger partial charge in [0.1, 0.15) is 0 Å². The molecular formula is C7H12O7. The van der Waals surface area contributed by atoms with E-state index in [1.807, 2.05) is 0 Å². The second-order valence-electron chi connectivity index (χ2n) is 3.51. The van der Waals surface area contributed by atoms with Crippen LogP contribution in [0.5, 0.6) is 0 Å². The van der Waals surface area contributed by atoms with Crippen LogP contribution >= 0.6 is 0 Å². The van der Waals surface area contributed by atoms with E-state index < -0.39 is 36.0 Å². The third-order valence-electron chi connectivity index (χ3n) is 2.55. The van der Waals surface area contributed by atoms with Gasteiger partial charge in [-0.2, -0.15) is 0 Å². The molecule has 0 amide bonds.